The van der Waals surface area contributed by atoms with Crippen molar-refractivity contribution in [2.24, 2.45) is 5.92 Å². The molecule has 1 amide bonds. The first kappa shape index (κ1) is 22.5. The minimum Gasteiger partial charge on any atom is -0.481 e. The third kappa shape index (κ3) is 3.57. The van der Waals surface area contributed by atoms with Crippen molar-refractivity contribution in [1.82, 2.24) is 24.1 Å². The Morgan fingerprint density at radius 3 is 2.72 bits per heavy atom. The Morgan fingerprint density at radius 2 is 2.00 bits per heavy atom. The van der Waals surface area contributed by atoms with Gasteiger partial charge in [-0.3, -0.25) is 9.59 Å². The van der Waals surface area contributed by atoms with Gasteiger partial charge in [0, 0.05) is 42.3 Å². The third-order valence-corrected chi connectivity index (χ3v) is 7.49. The molecule has 184 valence electrons. The number of carboxylic acids is 1. The molecule has 6 rings (SSSR count). The summed E-state index contributed by atoms with van der Waals surface area (Å²) in [6.45, 7) is 5.33. The Morgan fingerprint density at radius 1 is 1.17 bits per heavy atom. The number of carbonyl (C=O) groups excluding carboxylic acids is 1. The van der Waals surface area contributed by atoms with Gasteiger partial charge in [-0.05, 0) is 61.6 Å². The van der Waals surface area contributed by atoms with Crippen LogP contribution in [-0.4, -0.2) is 47.6 Å². The largest absolute Gasteiger partial charge is 0.481 e. The molecule has 1 fully saturated rings. The van der Waals surface area contributed by atoms with Crippen molar-refractivity contribution in [1.29, 1.82) is 0 Å². The molecule has 2 aliphatic rings. The Balaban J connectivity index is 1.33. The van der Waals surface area contributed by atoms with E-state index in [0.717, 1.165) is 17.9 Å². The lowest BCUT2D eigenvalue weighted by atomic mass is 10.0. The van der Waals surface area contributed by atoms with Crippen LogP contribution in [0, 0.1) is 11.7 Å². The zero-order valence-corrected chi connectivity index (χ0v) is 20.1. The van der Waals surface area contributed by atoms with E-state index >= 15 is 4.39 Å². The summed E-state index contributed by atoms with van der Waals surface area (Å²) in [5.41, 5.74) is 4.16. The number of hydrogen-bond acceptors (Lipinski definition) is 4. The van der Waals surface area contributed by atoms with Gasteiger partial charge >= 0.3 is 5.97 Å². The van der Waals surface area contributed by atoms with Crippen molar-refractivity contribution in [3.8, 4) is 11.3 Å². The van der Waals surface area contributed by atoms with Crippen LogP contribution in [0.1, 0.15) is 59.7 Å². The molecule has 36 heavy (non-hydrogen) atoms. The van der Waals surface area contributed by atoms with Crippen molar-refractivity contribution in [2.45, 2.75) is 45.2 Å². The standard InChI is InChI=1S/C27H26FN5O3/c1-3-17-12-23(26(34)32-10-9-31-8-4-5-24(31)15(32)2)29-25-14-22(30-33(17)25)18-7-6-16(11-21(18)28)19-13-20(19)27(35)36/h4-8,11-12,14-15,19-20H,3,9-10,13H2,1-2H3,(H,35,36)/t15-,19?,20+/m1/s1. The fourth-order valence-electron chi connectivity index (χ4n) is 5.34. The van der Waals surface area contributed by atoms with Gasteiger partial charge in [0.15, 0.2) is 5.65 Å². The molecule has 1 aliphatic heterocycles. The number of aromatic nitrogens is 4. The highest BCUT2D eigenvalue weighted by Gasteiger charge is 2.44. The summed E-state index contributed by atoms with van der Waals surface area (Å²) in [5, 5.41) is 13.8. The molecular weight excluding hydrogens is 461 g/mol. The summed E-state index contributed by atoms with van der Waals surface area (Å²) in [5.74, 6) is -2.02. The maximum Gasteiger partial charge on any atom is 0.307 e. The van der Waals surface area contributed by atoms with Gasteiger partial charge in [0.25, 0.3) is 5.91 Å². The number of nitrogens with zero attached hydrogens (tertiary/aromatic N) is 5. The summed E-state index contributed by atoms with van der Waals surface area (Å²) >= 11 is 0. The van der Waals surface area contributed by atoms with E-state index in [1.807, 2.05) is 37.1 Å². The Hall–Kier alpha value is -4.01. The number of aryl methyl sites for hydroxylation is 1. The summed E-state index contributed by atoms with van der Waals surface area (Å²) < 4.78 is 18.9. The highest BCUT2D eigenvalue weighted by atomic mass is 19.1. The lowest BCUT2D eigenvalue weighted by molar-refractivity contribution is -0.138. The monoisotopic (exact) mass is 487 g/mol. The van der Waals surface area contributed by atoms with Gasteiger partial charge in [0.2, 0.25) is 0 Å². The first-order valence-electron chi connectivity index (χ1n) is 12.2. The van der Waals surface area contributed by atoms with Gasteiger partial charge in [-0.15, -0.1) is 0 Å². The second-order valence-electron chi connectivity index (χ2n) is 9.61. The van der Waals surface area contributed by atoms with E-state index in [1.54, 1.807) is 28.8 Å². The SMILES string of the molecule is CCc1cc(C(=O)N2CCn3cccc3[C@H]2C)nc2cc(-c3ccc(C4C[C@@H]4C(=O)O)cc3F)nn12. The zero-order chi connectivity index (χ0) is 25.1. The Bertz CT molecular complexity index is 1520. The van der Waals surface area contributed by atoms with Gasteiger partial charge in [-0.25, -0.2) is 13.9 Å². The normalized spacial score (nSPS) is 21.0. The zero-order valence-electron chi connectivity index (χ0n) is 20.1. The second-order valence-corrected chi connectivity index (χ2v) is 9.61. The van der Waals surface area contributed by atoms with Gasteiger partial charge in [0.1, 0.15) is 11.5 Å². The Kier molecular flexibility index (Phi) is 5.17. The molecule has 1 N–H and O–H groups in total. The van der Waals surface area contributed by atoms with E-state index < -0.39 is 17.7 Å². The predicted molar refractivity (Wildman–Crippen MR) is 130 cm³/mol. The fourth-order valence-corrected chi connectivity index (χ4v) is 5.34. The summed E-state index contributed by atoms with van der Waals surface area (Å²) in [6.07, 6.45) is 3.19. The molecule has 8 nitrogen and oxygen atoms in total. The molecule has 1 unspecified atom stereocenters. The van der Waals surface area contributed by atoms with Crippen LogP contribution in [0.25, 0.3) is 16.9 Å². The van der Waals surface area contributed by atoms with Crippen LogP contribution in [0.2, 0.25) is 0 Å². The van der Waals surface area contributed by atoms with E-state index in [-0.39, 0.29) is 17.9 Å². The van der Waals surface area contributed by atoms with Gasteiger partial charge in [-0.2, -0.15) is 5.10 Å². The lowest BCUT2D eigenvalue weighted by Crippen LogP contribution is -2.41. The number of halogens is 1. The first-order valence-corrected chi connectivity index (χ1v) is 12.2. The van der Waals surface area contributed by atoms with Crippen LogP contribution < -0.4 is 0 Å². The number of carboxylic acid groups (broad SMARTS) is 1. The van der Waals surface area contributed by atoms with Crippen molar-refractivity contribution >= 4 is 17.5 Å². The van der Waals surface area contributed by atoms with Crippen LogP contribution in [0.3, 0.4) is 0 Å². The number of carbonyl (C=O) groups is 2. The average molecular weight is 488 g/mol. The number of aliphatic carboxylic acids is 1. The molecule has 0 spiro atoms. The van der Waals surface area contributed by atoms with Crippen molar-refractivity contribution in [3.05, 3.63) is 77.1 Å². The summed E-state index contributed by atoms with van der Waals surface area (Å²) in [6, 6.07) is 12.2. The summed E-state index contributed by atoms with van der Waals surface area (Å²) in [7, 11) is 0. The number of amides is 1. The molecule has 0 saturated heterocycles. The molecule has 1 saturated carbocycles. The number of benzene rings is 1. The fraction of sp³-hybridized carbons (Fsp3) is 0.333. The smallest absolute Gasteiger partial charge is 0.307 e. The van der Waals surface area contributed by atoms with Gasteiger partial charge < -0.3 is 14.6 Å². The van der Waals surface area contributed by atoms with E-state index in [2.05, 4.69) is 14.6 Å². The van der Waals surface area contributed by atoms with Crippen LogP contribution in [-0.2, 0) is 17.8 Å². The molecule has 4 aromatic rings. The topological polar surface area (TPSA) is 92.7 Å². The van der Waals surface area contributed by atoms with Gasteiger partial charge in [0.05, 0.1) is 17.7 Å². The van der Waals surface area contributed by atoms with E-state index in [4.69, 9.17) is 5.11 Å². The van der Waals surface area contributed by atoms with Crippen LogP contribution >= 0.6 is 0 Å². The Labute approximate surface area is 207 Å². The molecule has 1 aliphatic carbocycles. The van der Waals surface area contributed by atoms with E-state index in [9.17, 15) is 9.59 Å². The molecule has 0 bridgehead atoms. The number of rotatable bonds is 5. The highest BCUT2D eigenvalue weighted by Crippen LogP contribution is 2.48. The van der Waals surface area contributed by atoms with E-state index in [0.29, 0.717) is 47.5 Å². The van der Waals surface area contributed by atoms with Crippen LogP contribution in [0.15, 0.2) is 48.7 Å². The molecule has 0 radical (unpaired) electrons. The number of fused-ring (bicyclic) bond motifs is 2. The van der Waals surface area contributed by atoms with Crippen molar-refractivity contribution in [2.75, 3.05) is 6.54 Å². The van der Waals surface area contributed by atoms with Crippen LogP contribution in [0.5, 0.6) is 0 Å². The summed E-state index contributed by atoms with van der Waals surface area (Å²) in [4.78, 5) is 31.1. The first-order chi connectivity index (χ1) is 17.4. The molecule has 4 heterocycles. The quantitative estimate of drug-likeness (QED) is 0.453. The predicted octanol–water partition coefficient (Wildman–Crippen LogP) is 4.30. The maximum absolute atomic E-state index is 15.1. The maximum atomic E-state index is 15.1. The van der Waals surface area contributed by atoms with Crippen LogP contribution in [0.4, 0.5) is 4.39 Å². The van der Waals surface area contributed by atoms with Crippen molar-refractivity contribution < 1.29 is 19.1 Å². The molecule has 9 heteroatoms. The average Bonchev–Trinajstić information content (AvgIpc) is 3.33. The molecular formula is C27H26FN5O3. The minimum absolute atomic E-state index is 0.0652. The molecule has 3 atom stereocenters. The van der Waals surface area contributed by atoms with Crippen molar-refractivity contribution in [3.63, 3.8) is 0 Å². The minimum atomic E-state index is -0.846. The van der Waals surface area contributed by atoms with Gasteiger partial charge in [-0.1, -0.05) is 13.0 Å². The van der Waals surface area contributed by atoms with E-state index in [1.165, 1.54) is 6.07 Å². The second kappa shape index (κ2) is 8.29. The number of hydrogen-bond donors (Lipinski definition) is 1. The third-order valence-electron chi connectivity index (χ3n) is 7.49. The molecule has 1 aromatic carbocycles. The lowest BCUT2D eigenvalue weighted by Gasteiger charge is -2.34. The highest BCUT2D eigenvalue weighted by molar-refractivity contribution is 5.93. The molecule has 3 aromatic heterocycles.